The van der Waals surface area contributed by atoms with Gasteiger partial charge in [-0.15, -0.1) is 10.1 Å². The third kappa shape index (κ3) is 7.40. The Balaban J connectivity index is 2.06. The first-order valence-corrected chi connectivity index (χ1v) is 10.1. The quantitative estimate of drug-likeness (QED) is 0.162. The van der Waals surface area contributed by atoms with E-state index in [1.807, 2.05) is 20.8 Å². The molecule has 0 spiro atoms. The van der Waals surface area contributed by atoms with Crippen molar-refractivity contribution in [1.82, 2.24) is 0 Å². The normalized spacial score (nSPS) is 15.4. The standard InChI is InChI=1S/C20H21ClF3NO9/c1-19(2,3)13-9-15-11(8-14(13)21)7-12(16(34-15)20(22,23)24)17(26)31-10-32-18(27)30-5-4-6-33-25(28)29/h7-9,16H,4-6,10H2,1-3H3/t16-/m0/s1. The number of benzene rings is 1. The molecule has 10 nitrogen and oxygen atoms in total. The van der Waals surface area contributed by atoms with Gasteiger partial charge in [-0.2, -0.15) is 13.2 Å². The van der Waals surface area contributed by atoms with Crippen molar-refractivity contribution in [2.45, 2.75) is 44.9 Å². The molecular formula is C20H21ClF3NO9. The van der Waals surface area contributed by atoms with Crippen LogP contribution >= 0.6 is 11.6 Å². The lowest BCUT2D eigenvalue weighted by Crippen LogP contribution is -2.41. The van der Waals surface area contributed by atoms with Gasteiger partial charge in [0.25, 0.3) is 5.09 Å². The summed E-state index contributed by atoms with van der Waals surface area (Å²) in [7, 11) is 0. The van der Waals surface area contributed by atoms with Gasteiger partial charge >= 0.3 is 18.3 Å². The van der Waals surface area contributed by atoms with Crippen molar-refractivity contribution in [2.75, 3.05) is 20.0 Å². The molecule has 34 heavy (non-hydrogen) atoms. The second kappa shape index (κ2) is 10.8. The van der Waals surface area contributed by atoms with Gasteiger partial charge in [0, 0.05) is 17.0 Å². The summed E-state index contributed by atoms with van der Waals surface area (Å²) in [6, 6.07) is 2.78. The Morgan fingerprint density at radius 3 is 2.41 bits per heavy atom. The molecule has 0 bridgehead atoms. The number of ether oxygens (including phenoxy) is 4. The average molecular weight is 512 g/mol. The van der Waals surface area contributed by atoms with Crippen LogP contribution in [0, 0.1) is 10.1 Å². The van der Waals surface area contributed by atoms with E-state index < -0.39 is 47.3 Å². The number of carbonyl (C=O) groups is 2. The van der Waals surface area contributed by atoms with E-state index in [0.717, 1.165) is 6.08 Å². The summed E-state index contributed by atoms with van der Waals surface area (Å²) in [6.07, 6.45) is -7.94. The van der Waals surface area contributed by atoms with E-state index in [-0.39, 0.29) is 36.0 Å². The lowest BCUT2D eigenvalue weighted by atomic mass is 9.85. The number of esters is 1. The Kier molecular flexibility index (Phi) is 8.59. The molecule has 0 saturated carbocycles. The molecule has 0 N–H and O–H groups in total. The first-order chi connectivity index (χ1) is 15.7. The van der Waals surface area contributed by atoms with Crippen LogP contribution in [0.1, 0.15) is 38.3 Å². The fraction of sp³-hybridized carbons (Fsp3) is 0.500. The Labute approximate surface area is 196 Å². The predicted octanol–water partition coefficient (Wildman–Crippen LogP) is 4.60. The molecule has 0 aliphatic carbocycles. The van der Waals surface area contributed by atoms with Crippen molar-refractivity contribution in [1.29, 1.82) is 0 Å². The van der Waals surface area contributed by atoms with Crippen molar-refractivity contribution in [2.24, 2.45) is 0 Å². The van der Waals surface area contributed by atoms with Gasteiger partial charge < -0.3 is 23.8 Å². The zero-order chi connectivity index (χ0) is 25.7. The molecule has 1 aromatic carbocycles. The SMILES string of the molecule is CC(C)(C)c1cc2c(cc1Cl)C=C(C(=O)OCOC(=O)OCCCO[N+](=O)[O-])[C@@H](C(F)(F)F)O2. The summed E-state index contributed by atoms with van der Waals surface area (Å²) in [5.74, 6) is -1.54. The van der Waals surface area contributed by atoms with Gasteiger partial charge in [0.05, 0.1) is 18.8 Å². The molecule has 0 amide bonds. The van der Waals surface area contributed by atoms with Crippen molar-refractivity contribution >= 4 is 29.8 Å². The molecule has 0 fully saturated rings. The van der Waals surface area contributed by atoms with Crippen LogP contribution in [0.25, 0.3) is 6.08 Å². The summed E-state index contributed by atoms with van der Waals surface area (Å²) in [4.78, 5) is 37.7. The number of rotatable bonds is 8. The Hall–Kier alpha value is -3.22. The van der Waals surface area contributed by atoms with Crippen LogP contribution in [0.4, 0.5) is 18.0 Å². The maximum absolute atomic E-state index is 13.6. The summed E-state index contributed by atoms with van der Waals surface area (Å²) >= 11 is 6.26. The van der Waals surface area contributed by atoms with Crippen LogP contribution in [-0.2, 0) is 29.3 Å². The molecule has 14 heteroatoms. The maximum atomic E-state index is 13.6. The lowest BCUT2D eigenvalue weighted by molar-refractivity contribution is -0.757. The highest BCUT2D eigenvalue weighted by molar-refractivity contribution is 6.31. The molecule has 1 heterocycles. The fourth-order valence-electron chi connectivity index (χ4n) is 2.81. The Bertz CT molecular complexity index is 973. The molecule has 1 aliphatic rings. The second-order valence-corrected chi connectivity index (χ2v) is 8.37. The summed E-state index contributed by atoms with van der Waals surface area (Å²) in [5, 5.41) is 9.22. The van der Waals surface area contributed by atoms with Gasteiger partial charge in [-0.3, -0.25) is 0 Å². The number of nitrogens with zero attached hydrogens (tertiary/aromatic N) is 1. The second-order valence-electron chi connectivity index (χ2n) is 7.96. The van der Waals surface area contributed by atoms with Crippen LogP contribution in [0.5, 0.6) is 5.75 Å². The van der Waals surface area contributed by atoms with E-state index in [2.05, 4.69) is 19.0 Å². The molecule has 2 rings (SSSR count). The van der Waals surface area contributed by atoms with Crippen molar-refractivity contribution in [3.8, 4) is 5.75 Å². The highest BCUT2D eigenvalue weighted by Crippen LogP contribution is 2.42. The molecule has 188 valence electrons. The van der Waals surface area contributed by atoms with Gasteiger partial charge in [0.15, 0.2) is 0 Å². The highest BCUT2D eigenvalue weighted by atomic mass is 35.5. The van der Waals surface area contributed by atoms with Crippen LogP contribution in [0.2, 0.25) is 5.02 Å². The number of hydrogen-bond donors (Lipinski definition) is 0. The van der Waals surface area contributed by atoms with Gasteiger partial charge in [-0.1, -0.05) is 32.4 Å². The first kappa shape index (κ1) is 27.0. The zero-order valence-corrected chi connectivity index (χ0v) is 19.0. The van der Waals surface area contributed by atoms with Gasteiger partial charge in [0.1, 0.15) is 5.75 Å². The number of alkyl halides is 3. The average Bonchev–Trinajstić information content (AvgIpc) is 2.70. The van der Waals surface area contributed by atoms with Crippen molar-refractivity contribution in [3.63, 3.8) is 0 Å². The smallest absolute Gasteiger partial charge is 0.475 e. The minimum Gasteiger partial charge on any atom is -0.475 e. The van der Waals surface area contributed by atoms with E-state index in [9.17, 15) is 32.9 Å². The summed E-state index contributed by atoms with van der Waals surface area (Å²) in [6.45, 7) is 3.81. The van der Waals surface area contributed by atoms with Gasteiger partial charge in [-0.25, -0.2) is 9.59 Å². The minimum absolute atomic E-state index is 0.0216. The third-order valence-corrected chi connectivity index (χ3v) is 4.66. The molecule has 0 saturated heterocycles. The molecule has 0 aromatic heterocycles. The van der Waals surface area contributed by atoms with E-state index in [4.69, 9.17) is 16.3 Å². The predicted molar refractivity (Wildman–Crippen MR) is 110 cm³/mol. The lowest BCUT2D eigenvalue weighted by Gasteiger charge is -2.30. The maximum Gasteiger partial charge on any atom is 0.511 e. The Morgan fingerprint density at radius 2 is 1.82 bits per heavy atom. The zero-order valence-electron chi connectivity index (χ0n) is 18.3. The molecule has 1 atom stereocenters. The topological polar surface area (TPSA) is 123 Å². The third-order valence-electron chi connectivity index (χ3n) is 4.35. The molecule has 1 aliphatic heterocycles. The number of fused-ring (bicyclic) bond motifs is 1. The van der Waals surface area contributed by atoms with Crippen molar-refractivity contribution < 1.29 is 51.6 Å². The van der Waals surface area contributed by atoms with E-state index in [1.54, 1.807) is 0 Å². The van der Waals surface area contributed by atoms with Crippen molar-refractivity contribution in [3.05, 3.63) is 44.0 Å². The highest BCUT2D eigenvalue weighted by Gasteiger charge is 2.49. The fourth-order valence-corrected chi connectivity index (χ4v) is 3.27. The van der Waals surface area contributed by atoms with E-state index in [0.29, 0.717) is 5.56 Å². The number of halogens is 4. The molecular weight excluding hydrogens is 491 g/mol. The number of hydrogen-bond acceptors (Lipinski definition) is 9. The van der Waals surface area contributed by atoms with Crippen LogP contribution < -0.4 is 4.74 Å². The van der Waals surface area contributed by atoms with E-state index >= 15 is 0 Å². The van der Waals surface area contributed by atoms with Crippen LogP contribution in [0.15, 0.2) is 17.7 Å². The van der Waals surface area contributed by atoms with E-state index in [1.165, 1.54) is 12.1 Å². The minimum atomic E-state index is -4.95. The van der Waals surface area contributed by atoms with Gasteiger partial charge in [0.2, 0.25) is 12.9 Å². The van der Waals surface area contributed by atoms with Gasteiger partial charge in [-0.05, 0) is 29.2 Å². The summed E-state index contributed by atoms with van der Waals surface area (Å²) in [5.41, 5.74) is -0.640. The van der Waals surface area contributed by atoms with Crippen LogP contribution in [-0.4, -0.2) is 49.5 Å². The Morgan fingerprint density at radius 1 is 1.15 bits per heavy atom. The molecule has 1 aromatic rings. The molecule has 0 unspecified atom stereocenters. The largest absolute Gasteiger partial charge is 0.511 e. The monoisotopic (exact) mass is 511 g/mol. The number of carbonyl (C=O) groups excluding carboxylic acids is 2. The van der Waals surface area contributed by atoms with Crippen LogP contribution in [0.3, 0.4) is 0 Å². The first-order valence-electron chi connectivity index (χ1n) is 9.73. The molecule has 0 radical (unpaired) electrons. The summed E-state index contributed by atoms with van der Waals surface area (Å²) < 4.78 is 59.5.